The standard InChI is InChI=1S/C5H10F2O2/c6-1-5(2-7,3-8)4-9/h8-9H,1-4H2. The van der Waals surface area contributed by atoms with Gasteiger partial charge in [0, 0.05) is 0 Å². The van der Waals surface area contributed by atoms with Crippen LogP contribution in [0.4, 0.5) is 8.78 Å². The first-order chi connectivity index (χ1) is 4.24. The summed E-state index contributed by atoms with van der Waals surface area (Å²) in [6.07, 6.45) is 0. The van der Waals surface area contributed by atoms with Crippen LogP contribution in [0.1, 0.15) is 0 Å². The molecule has 4 heteroatoms. The Balaban J connectivity index is 3.82. The van der Waals surface area contributed by atoms with Crippen molar-refractivity contribution in [3.05, 3.63) is 0 Å². The lowest BCUT2D eigenvalue weighted by molar-refractivity contribution is 0.0137. The summed E-state index contributed by atoms with van der Waals surface area (Å²) in [5.74, 6) is 0. The van der Waals surface area contributed by atoms with Crippen molar-refractivity contribution in [3.8, 4) is 0 Å². The number of alkyl halides is 2. The maximum absolute atomic E-state index is 11.8. The fourth-order valence-electron chi connectivity index (χ4n) is 0.255. The van der Waals surface area contributed by atoms with E-state index in [0.717, 1.165) is 0 Å². The van der Waals surface area contributed by atoms with Gasteiger partial charge in [0.2, 0.25) is 0 Å². The molecule has 0 aromatic heterocycles. The first-order valence-corrected chi connectivity index (χ1v) is 2.58. The molecule has 2 nitrogen and oxygen atoms in total. The molecule has 0 atom stereocenters. The second-order valence-corrected chi connectivity index (χ2v) is 2.08. The van der Waals surface area contributed by atoms with Crippen LogP contribution in [0.3, 0.4) is 0 Å². The van der Waals surface area contributed by atoms with E-state index in [2.05, 4.69) is 0 Å². The number of aliphatic hydroxyl groups excluding tert-OH is 2. The van der Waals surface area contributed by atoms with Crippen LogP contribution in [0.25, 0.3) is 0 Å². The summed E-state index contributed by atoms with van der Waals surface area (Å²) >= 11 is 0. The minimum atomic E-state index is -1.56. The number of hydrogen-bond acceptors (Lipinski definition) is 2. The van der Waals surface area contributed by atoms with E-state index in [9.17, 15) is 8.78 Å². The number of rotatable bonds is 4. The lowest BCUT2D eigenvalue weighted by atomic mass is 9.94. The number of halogens is 2. The van der Waals surface area contributed by atoms with Crippen LogP contribution in [0, 0.1) is 5.41 Å². The van der Waals surface area contributed by atoms with Crippen molar-refractivity contribution >= 4 is 0 Å². The van der Waals surface area contributed by atoms with E-state index in [1.54, 1.807) is 0 Å². The van der Waals surface area contributed by atoms with Gasteiger partial charge in [0.1, 0.15) is 13.3 Å². The van der Waals surface area contributed by atoms with E-state index in [4.69, 9.17) is 10.2 Å². The van der Waals surface area contributed by atoms with Crippen molar-refractivity contribution in [2.45, 2.75) is 0 Å². The topological polar surface area (TPSA) is 40.5 Å². The van der Waals surface area contributed by atoms with Crippen molar-refractivity contribution < 1.29 is 19.0 Å². The molecule has 0 saturated carbocycles. The molecule has 0 aromatic carbocycles. The average Bonchev–Trinajstić information content (AvgIpc) is 1.95. The predicted octanol–water partition coefficient (Wildman–Crippen LogP) is -0.104. The molecule has 0 spiro atoms. The second-order valence-electron chi connectivity index (χ2n) is 2.08. The summed E-state index contributed by atoms with van der Waals surface area (Å²) in [6.45, 7) is -3.38. The van der Waals surface area contributed by atoms with Crippen LogP contribution in [0.5, 0.6) is 0 Å². The quantitative estimate of drug-likeness (QED) is 0.572. The van der Waals surface area contributed by atoms with Crippen molar-refractivity contribution in [2.24, 2.45) is 5.41 Å². The highest BCUT2D eigenvalue weighted by Gasteiger charge is 2.28. The lowest BCUT2D eigenvalue weighted by Crippen LogP contribution is -2.34. The first kappa shape index (κ1) is 8.78. The van der Waals surface area contributed by atoms with Crippen LogP contribution >= 0.6 is 0 Å². The van der Waals surface area contributed by atoms with E-state index < -0.39 is 32.0 Å². The molecule has 0 amide bonds. The third-order valence-corrected chi connectivity index (χ3v) is 1.24. The van der Waals surface area contributed by atoms with E-state index in [0.29, 0.717) is 0 Å². The highest BCUT2D eigenvalue weighted by atomic mass is 19.1. The minimum Gasteiger partial charge on any atom is -0.396 e. The van der Waals surface area contributed by atoms with Gasteiger partial charge >= 0.3 is 0 Å². The van der Waals surface area contributed by atoms with Crippen molar-refractivity contribution in [3.63, 3.8) is 0 Å². The monoisotopic (exact) mass is 140 g/mol. The number of aliphatic hydroxyl groups is 2. The fourth-order valence-corrected chi connectivity index (χ4v) is 0.255. The van der Waals surface area contributed by atoms with Gasteiger partial charge < -0.3 is 10.2 Å². The summed E-state index contributed by atoms with van der Waals surface area (Å²) in [7, 11) is 0. The molecule has 0 aliphatic heterocycles. The molecule has 0 fully saturated rings. The Kier molecular flexibility index (Phi) is 3.65. The zero-order valence-corrected chi connectivity index (χ0v) is 4.98. The summed E-state index contributed by atoms with van der Waals surface area (Å²) < 4.78 is 23.5. The number of hydrogen-bond donors (Lipinski definition) is 2. The molecule has 0 heterocycles. The fraction of sp³-hybridized carbons (Fsp3) is 1.00. The molecule has 0 aliphatic rings. The Morgan fingerprint density at radius 1 is 1.00 bits per heavy atom. The smallest absolute Gasteiger partial charge is 0.102 e. The second kappa shape index (κ2) is 3.74. The summed E-state index contributed by atoms with van der Waals surface area (Å²) in [4.78, 5) is 0. The molecular formula is C5H10F2O2. The zero-order chi connectivity index (χ0) is 7.33. The molecule has 0 aliphatic carbocycles. The molecule has 0 unspecified atom stereocenters. The van der Waals surface area contributed by atoms with Crippen molar-refractivity contribution in [1.29, 1.82) is 0 Å². The van der Waals surface area contributed by atoms with Crippen molar-refractivity contribution in [1.82, 2.24) is 0 Å². The predicted molar refractivity (Wildman–Crippen MR) is 28.6 cm³/mol. The van der Waals surface area contributed by atoms with Gasteiger partial charge in [0.05, 0.1) is 18.6 Å². The Labute approximate surface area is 52.1 Å². The summed E-state index contributed by atoms with van der Waals surface area (Å²) in [5, 5.41) is 16.7. The van der Waals surface area contributed by atoms with Gasteiger partial charge in [0.25, 0.3) is 0 Å². The molecule has 0 bridgehead atoms. The third-order valence-electron chi connectivity index (χ3n) is 1.24. The average molecular weight is 140 g/mol. The SMILES string of the molecule is OCC(CO)(CF)CF. The highest BCUT2D eigenvalue weighted by molar-refractivity contribution is 4.75. The molecule has 2 N–H and O–H groups in total. The van der Waals surface area contributed by atoms with Gasteiger partial charge in [-0.1, -0.05) is 0 Å². The Bertz CT molecular complexity index is 55.8. The van der Waals surface area contributed by atoms with Crippen molar-refractivity contribution in [2.75, 3.05) is 26.6 Å². The summed E-state index contributed by atoms with van der Waals surface area (Å²) in [5.41, 5.74) is -1.56. The molecule has 0 rings (SSSR count). The zero-order valence-electron chi connectivity index (χ0n) is 4.98. The molecule has 0 saturated heterocycles. The normalized spacial score (nSPS) is 12.0. The van der Waals surface area contributed by atoms with Crippen LogP contribution in [0.2, 0.25) is 0 Å². The van der Waals surface area contributed by atoms with Gasteiger partial charge in [-0.05, 0) is 0 Å². The molecular weight excluding hydrogens is 130 g/mol. The van der Waals surface area contributed by atoms with Gasteiger partial charge in [-0.15, -0.1) is 0 Å². The molecule has 0 aromatic rings. The third kappa shape index (κ3) is 1.87. The Hall–Kier alpha value is -0.220. The van der Waals surface area contributed by atoms with E-state index >= 15 is 0 Å². The molecule has 56 valence electrons. The van der Waals surface area contributed by atoms with Crippen LogP contribution < -0.4 is 0 Å². The van der Waals surface area contributed by atoms with Gasteiger partial charge in [-0.25, -0.2) is 0 Å². The van der Waals surface area contributed by atoms with Crippen LogP contribution in [0.15, 0.2) is 0 Å². The first-order valence-electron chi connectivity index (χ1n) is 2.58. The molecule has 0 radical (unpaired) electrons. The molecule has 9 heavy (non-hydrogen) atoms. The lowest BCUT2D eigenvalue weighted by Gasteiger charge is -2.21. The highest BCUT2D eigenvalue weighted by Crippen LogP contribution is 2.16. The summed E-state index contributed by atoms with van der Waals surface area (Å²) in [6, 6.07) is 0. The van der Waals surface area contributed by atoms with Gasteiger partial charge in [-0.3, -0.25) is 8.78 Å². The van der Waals surface area contributed by atoms with E-state index in [1.165, 1.54) is 0 Å². The van der Waals surface area contributed by atoms with Gasteiger partial charge in [-0.2, -0.15) is 0 Å². The largest absolute Gasteiger partial charge is 0.396 e. The van der Waals surface area contributed by atoms with Gasteiger partial charge in [0.15, 0.2) is 0 Å². The minimum absolute atomic E-state index is 0.656. The van der Waals surface area contributed by atoms with Crippen LogP contribution in [-0.4, -0.2) is 36.8 Å². The Morgan fingerprint density at radius 3 is 1.33 bits per heavy atom. The van der Waals surface area contributed by atoms with Crippen LogP contribution in [-0.2, 0) is 0 Å². The van der Waals surface area contributed by atoms with E-state index in [-0.39, 0.29) is 0 Å². The maximum Gasteiger partial charge on any atom is 0.102 e. The maximum atomic E-state index is 11.8. The van der Waals surface area contributed by atoms with E-state index in [1.807, 2.05) is 0 Å². The Morgan fingerprint density at radius 2 is 1.33 bits per heavy atom.